The third-order valence-electron chi connectivity index (χ3n) is 7.25. The van der Waals surface area contributed by atoms with Crippen molar-refractivity contribution < 1.29 is 22.7 Å². The Morgan fingerprint density at radius 1 is 0.917 bits per heavy atom. The lowest BCUT2D eigenvalue weighted by Crippen LogP contribution is -2.48. The second-order valence-corrected chi connectivity index (χ2v) is 10.0. The summed E-state index contributed by atoms with van der Waals surface area (Å²) in [6, 6.07) is 19.7. The first-order valence-corrected chi connectivity index (χ1v) is 12.6. The summed E-state index contributed by atoms with van der Waals surface area (Å²) in [7, 11) is 0. The molecule has 0 aromatic heterocycles. The average Bonchev–Trinajstić information content (AvgIpc) is 3.42. The van der Waals surface area contributed by atoms with Crippen LogP contribution in [0.1, 0.15) is 30.4 Å². The molecule has 0 spiro atoms. The molecule has 2 fully saturated rings. The van der Waals surface area contributed by atoms with E-state index >= 15 is 0 Å². The largest absolute Gasteiger partial charge is 0.493 e. The molecular weight excluding hydrogens is 465 g/mol. The van der Waals surface area contributed by atoms with Crippen LogP contribution in [0.3, 0.4) is 0 Å². The minimum Gasteiger partial charge on any atom is -0.493 e. The quantitative estimate of drug-likeness (QED) is 0.420. The van der Waals surface area contributed by atoms with Gasteiger partial charge in [0.25, 0.3) is 0 Å². The molecule has 2 heterocycles. The second kappa shape index (κ2) is 10.5. The molecule has 2 saturated heterocycles. The highest BCUT2D eigenvalue weighted by molar-refractivity contribution is 5.83. The SMILES string of the molecule is O=C([C@@H]1C[C@H](COc2cccc(C(F)(F)F)c2)CN(Cc2ccc3ccccc3c2)C1)N1CCCC1. The van der Waals surface area contributed by atoms with Crippen molar-refractivity contribution in [3.05, 3.63) is 77.9 Å². The van der Waals surface area contributed by atoms with E-state index in [9.17, 15) is 18.0 Å². The number of nitrogens with zero attached hydrogens (tertiary/aromatic N) is 2. The van der Waals surface area contributed by atoms with Crippen molar-refractivity contribution in [3.63, 3.8) is 0 Å². The van der Waals surface area contributed by atoms with Gasteiger partial charge in [0, 0.05) is 38.6 Å². The zero-order chi connectivity index (χ0) is 25.1. The number of rotatable bonds is 6. The average molecular weight is 497 g/mol. The molecule has 0 saturated carbocycles. The molecule has 0 radical (unpaired) electrons. The van der Waals surface area contributed by atoms with Gasteiger partial charge in [-0.1, -0.05) is 42.5 Å². The molecule has 2 aliphatic rings. The van der Waals surface area contributed by atoms with Crippen LogP contribution in [0.2, 0.25) is 0 Å². The van der Waals surface area contributed by atoms with Gasteiger partial charge in [0.05, 0.1) is 18.1 Å². The summed E-state index contributed by atoms with van der Waals surface area (Å²) < 4.78 is 45.1. The highest BCUT2D eigenvalue weighted by atomic mass is 19.4. The molecule has 4 nitrogen and oxygen atoms in total. The number of alkyl halides is 3. The number of benzene rings is 3. The van der Waals surface area contributed by atoms with E-state index in [4.69, 9.17) is 4.74 Å². The monoisotopic (exact) mass is 496 g/mol. The normalized spacial score (nSPS) is 21.1. The van der Waals surface area contributed by atoms with Crippen LogP contribution in [-0.4, -0.2) is 48.5 Å². The number of carbonyl (C=O) groups is 1. The van der Waals surface area contributed by atoms with Crippen LogP contribution in [0.4, 0.5) is 13.2 Å². The van der Waals surface area contributed by atoms with Crippen molar-refractivity contribution in [2.75, 3.05) is 32.8 Å². The maximum absolute atomic E-state index is 13.3. The van der Waals surface area contributed by atoms with Crippen molar-refractivity contribution in [1.29, 1.82) is 0 Å². The fraction of sp³-hybridized carbons (Fsp3) is 0.414. The fourth-order valence-electron chi connectivity index (χ4n) is 5.50. The van der Waals surface area contributed by atoms with Gasteiger partial charge in [-0.25, -0.2) is 0 Å². The summed E-state index contributed by atoms with van der Waals surface area (Å²) in [5.41, 5.74) is 0.462. The van der Waals surface area contributed by atoms with Crippen molar-refractivity contribution >= 4 is 16.7 Å². The molecule has 7 heteroatoms. The van der Waals surface area contributed by atoms with Gasteiger partial charge in [0.15, 0.2) is 0 Å². The van der Waals surface area contributed by atoms with Crippen LogP contribution in [0.15, 0.2) is 66.7 Å². The minimum atomic E-state index is -4.41. The first-order chi connectivity index (χ1) is 17.3. The number of amides is 1. The van der Waals surface area contributed by atoms with E-state index in [-0.39, 0.29) is 30.1 Å². The fourth-order valence-corrected chi connectivity index (χ4v) is 5.50. The Balaban J connectivity index is 1.30. The number of halogens is 3. The maximum atomic E-state index is 13.3. The van der Waals surface area contributed by atoms with Crippen LogP contribution in [0.5, 0.6) is 5.75 Å². The van der Waals surface area contributed by atoms with E-state index in [1.165, 1.54) is 22.4 Å². The summed E-state index contributed by atoms with van der Waals surface area (Å²) in [5, 5.41) is 2.37. The van der Waals surface area contributed by atoms with Crippen molar-refractivity contribution in [3.8, 4) is 5.75 Å². The molecule has 1 amide bonds. The van der Waals surface area contributed by atoms with Gasteiger partial charge in [-0.3, -0.25) is 9.69 Å². The molecule has 3 aromatic carbocycles. The summed E-state index contributed by atoms with van der Waals surface area (Å²) in [4.78, 5) is 17.5. The van der Waals surface area contributed by atoms with Crippen molar-refractivity contribution in [2.24, 2.45) is 11.8 Å². The Labute approximate surface area is 209 Å². The van der Waals surface area contributed by atoms with E-state index in [1.54, 1.807) is 6.07 Å². The lowest BCUT2D eigenvalue weighted by molar-refractivity contribution is -0.138. The van der Waals surface area contributed by atoms with Gasteiger partial charge in [0.2, 0.25) is 5.91 Å². The van der Waals surface area contributed by atoms with E-state index in [0.29, 0.717) is 19.5 Å². The topological polar surface area (TPSA) is 32.8 Å². The lowest BCUT2D eigenvalue weighted by atomic mass is 9.88. The number of likely N-dealkylation sites (tertiary alicyclic amines) is 2. The Bertz CT molecular complexity index is 1210. The van der Waals surface area contributed by atoms with Crippen LogP contribution in [-0.2, 0) is 17.5 Å². The molecule has 0 unspecified atom stereocenters. The van der Waals surface area contributed by atoms with Gasteiger partial charge in [0.1, 0.15) is 5.75 Å². The summed E-state index contributed by atoms with van der Waals surface area (Å²) >= 11 is 0. The van der Waals surface area contributed by atoms with E-state index < -0.39 is 11.7 Å². The molecule has 190 valence electrons. The maximum Gasteiger partial charge on any atom is 0.416 e. The highest BCUT2D eigenvalue weighted by Crippen LogP contribution is 2.32. The second-order valence-electron chi connectivity index (χ2n) is 10.0. The van der Waals surface area contributed by atoms with Gasteiger partial charge in [-0.05, 0) is 59.9 Å². The van der Waals surface area contributed by atoms with Crippen molar-refractivity contribution in [1.82, 2.24) is 9.80 Å². The van der Waals surface area contributed by atoms with E-state index in [0.717, 1.165) is 44.6 Å². The van der Waals surface area contributed by atoms with Crippen LogP contribution >= 0.6 is 0 Å². The zero-order valence-electron chi connectivity index (χ0n) is 20.2. The zero-order valence-corrected chi connectivity index (χ0v) is 20.2. The minimum absolute atomic E-state index is 0.0466. The Kier molecular flexibility index (Phi) is 7.19. The molecule has 3 aromatic rings. The smallest absolute Gasteiger partial charge is 0.416 e. The lowest BCUT2D eigenvalue weighted by Gasteiger charge is -2.38. The van der Waals surface area contributed by atoms with Crippen molar-refractivity contribution in [2.45, 2.75) is 32.0 Å². The predicted octanol–water partition coefficient (Wildman–Crippen LogP) is 6.00. The molecule has 36 heavy (non-hydrogen) atoms. The van der Waals surface area contributed by atoms with Crippen LogP contribution < -0.4 is 4.74 Å². The number of fused-ring (bicyclic) bond motifs is 1. The number of hydrogen-bond acceptors (Lipinski definition) is 3. The Hall–Kier alpha value is -3.06. The molecule has 2 atom stereocenters. The van der Waals surface area contributed by atoms with Gasteiger partial charge in [-0.2, -0.15) is 13.2 Å². The molecule has 0 bridgehead atoms. The van der Waals surface area contributed by atoms with Gasteiger partial charge < -0.3 is 9.64 Å². The number of carbonyl (C=O) groups excluding carboxylic acids is 1. The first-order valence-electron chi connectivity index (χ1n) is 12.6. The molecule has 5 rings (SSSR count). The first kappa shape index (κ1) is 24.6. The Morgan fingerprint density at radius 2 is 1.69 bits per heavy atom. The molecular formula is C29H31F3N2O2. The standard InChI is InChI=1S/C29H31F3N2O2/c30-29(31,32)26-8-5-9-27(16-26)36-20-22-15-25(28(35)34-12-3-4-13-34)19-33(18-22)17-21-10-11-23-6-1-2-7-24(23)14-21/h1-2,5-11,14,16,22,25H,3-4,12-13,15,17-20H2/t22-,25+/m0/s1. The number of piperidine rings is 1. The van der Waals surface area contributed by atoms with Crippen LogP contribution in [0.25, 0.3) is 10.8 Å². The summed E-state index contributed by atoms with van der Waals surface area (Å²) in [5.74, 6) is 0.316. The highest BCUT2D eigenvalue weighted by Gasteiger charge is 2.35. The molecule has 0 aliphatic carbocycles. The summed E-state index contributed by atoms with van der Waals surface area (Å²) in [6.45, 7) is 4.03. The predicted molar refractivity (Wildman–Crippen MR) is 134 cm³/mol. The van der Waals surface area contributed by atoms with Gasteiger partial charge >= 0.3 is 6.18 Å². The number of ether oxygens (including phenoxy) is 1. The van der Waals surface area contributed by atoms with E-state index in [2.05, 4.69) is 35.2 Å². The number of hydrogen-bond donors (Lipinski definition) is 0. The third kappa shape index (κ3) is 5.84. The summed E-state index contributed by atoms with van der Waals surface area (Å²) in [6.07, 6.45) is -1.64. The molecule has 2 aliphatic heterocycles. The van der Waals surface area contributed by atoms with Crippen LogP contribution in [0, 0.1) is 11.8 Å². The molecule has 0 N–H and O–H groups in total. The Morgan fingerprint density at radius 3 is 2.47 bits per heavy atom. The van der Waals surface area contributed by atoms with Gasteiger partial charge in [-0.15, -0.1) is 0 Å². The third-order valence-corrected chi connectivity index (χ3v) is 7.25. The van der Waals surface area contributed by atoms with E-state index in [1.807, 2.05) is 17.0 Å².